The lowest BCUT2D eigenvalue weighted by atomic mass is 10.1. The first-order valence-corrected chi connectivity index (χ1v) is 9.97. The third-order valence-corrected chi connectivity index (χ3v) is 4.81. The number of nitrogens with one attached hydrogen (secondary N) is 2. The van der Waals surface area contributed by atoms with E-state index in [9.17, 15) is 9.59 Å². The second kappa shape index (κ2) is 10.1. The summed E-state index contributed by atoms with van der Waals surface area (Å²) in [6.45, 7) is 9.41. The highest BCUT2D eigenvalue weighted by Crippen LogP contribution is 2.16. The van der Waals surface area contributed by atoms with Gasteiger partial charge in [-0.05, 0) is 44.5 Å². The molecule has 2 aromatic rings. The van der Waals surface area contributed by atoms with Crippen LogP contribution in [0.4, 0.5) is 5.69 Å². The van der Waals surface area contributed by atoms with E-state index >= 15 is 0 Å². The summed E-state index contributed by atoms with van der Waals surface area (Å²) in [4.78, 5) is 26.2. The number of benzene rings is 1. The summed E-state index contributed by atoms with van der Waals surface area (Å²) in [5, 5.41) is 14.8. The maximum Gasteiger partial charge on any atom is 0.286 e. The van der Waals surface area contributed by atoms with Crippen LogP contribution in [0.3, 0.4) is 0 Å². The van der Waals surface area contributed by atoms with Crippen molar-refractivity contribution >= 4 is 28.8 Å². The van der Waals surface area contributed by atoms with Gasteiger partial charge in [-0.15, -0.1) is 10.2 Å². The molecule has 0 aliphatic rings. The van der Waals surface area contributed by atoms with Crippen LogP contribution in [0.25, 0.3) is 0 Å². The smallest absolute Gasteiger partial charge is 0.286 e. The van der Waals surface area contributed by atoms with Crippen LogP contribution in [-0.4, -0.2) is 46.0 Å². The third kappa shape index (κ3) is 6.73. The van der Waals surface area contributed by atoms with Gasteiger partial charge in [0.25, 0.3) is 5.91 Å². The van der Waals surface area contributed by atoms with Crippen LogP contribution in [-0.2, 0) is 17.8 Å². The van der Waals surface area contributed by atoms with Crippen molar-refractivity contribution in [3.8, 4) is 0 Å². The molecule has 0 aliphatic carbocycles. The van der Waals surface area contributed by atoms with Crippen LogP contribution >= 0.6 is 11.3 Å². The van der Waals surface area contributed by atoms with Gasteiger partial charge in [-0.2, -0.15) is 0 Å². The molecule has 0 unspecified atom stereocenters. The monoisotopic (exact) mass is 389 g/mol. The molecule has 1 aromatic heterocycles. The third-order valence-electron chi connectivity index (χ3n) is 3.90. The van der Waals surface area contributed by atoms with Crippen molar-refractivity contribution in [2.24, 2.45) is 0 Å². The zero-order chi connectivity index (χ0) is 19.8. The van der Waals surface area contributed by atoms with Gasteiger partial charge < -0.3 is 10.6 Å². The van der Waals surface area contributed by atoms with E-state index in [1.165, 1.54) is 16.9 Å². The molecule has 0 aliphatic heterocycles. The Balaban J connectivity index is 1.93. The molecule has 2 N–H and O–H groups in total. The first kappa shape index (κ1) is 21.0. The lowest BCUT2D eigenvalue weighted by Gasteiger charge is -2.19. The SMILES string of the molecule is CCc1ccc(NC(=O)c2nnc(CN(CC)CC(=O)NC(C)C)s2)cc1. The number of carbonyl (C=O) groups is 2. The summed E-state index contributed by atoms with van der Waals surface area (Å²) >= 11 is 1.24. The molecule has 0 fully saturated rings. The molecule has 2 rings (SSSR count). The molecule has 0 saturated heterocycles. The second-order valence-electron chi connectivity index (χ2n) is 6.53. The number of hydrogen-bond acceptors (Lipinski definition) is 6. The predicted molar refractivity (Wildman–Crippen MR) is 108 cm³/mol. The average Bonchev–Trinajstić information content (AvgIpc) is 3.09. The maximum atomic E-state index is 12.4. The van der Waals surface area contributed by atoms with E-state index in [0.29, 0.717) is 29.6 Å². The van der Waals surface area contributed by atoms with E-state index < -0.39 is 0 Å². The summed E-state index contributed by atoms with van der Waals surface area (Å²) < 4.78 is 0. The summed E-state index contributed by atoms with van der Waals surface area (Å²) in [5.74, 6) is -0.298. The quantitative estimate of drug-likeness (QED) is 0.688. The van der Waals surface area contributed by atoms with Gasteiger partial charge in [0.05, 0.1) is 13.1 Å². The number of hydrogen-bond donors (Lipinski definition) is 2. The molecular formula is C19H27N5O2S. The molecule has 27 heavy (non-hydrogen) atoms. The molecule has 1 aromatic carbocycles. The molecule has 0 bridgehead atoms. The van der Waals surface area contributed by atoms with Gasteiger partial charge >= 0.3 is 0 Å². The Morgan fingerprint density at radius 1 is 1.15 bits per heavy atom. The highest BCUT2D eigenvalue weighted by atomic mass is 32.1. The van der Waals surface area contributed by atoms with Gasteiger partial charge in [0, 0.05) is 11.7 Å². The van der Waals surface area contributed by atoms with Gasteiger partial charge in [0.1, 0.15) is 5.01 Å². The highest BCUT2D eigenvalue weighted by Gasteiger charge is 2.16. The fourth-order valence-electron chi connectivity index (χ4n) is 2.46. The first-order valence-electron chi connectivity index (χ1n) is 9.15. The molecule has 1 heterocycles. The lowest BCUT2D eigenvalue weighted by Crippen LogP contribution is -2.39. The molecule has 0 saturated carbocycles. The lowest BCUT2D eigenvalue weighted by molar-refractivity contribution is -0.122. The molecule has 0 spiro atoms. The van der Waals surface area contributed by atoms with E-state index in [1.54, 1.807) is 0 Å². The van der Waals surface area contributed by atoms with Gasteiger partial charge in [-0.1, -0.05) is 37.3 Å². The standard InChI is InChI=1S/C19H27N5O2S/c1-5-14-7-9-15(10-8-14)21-18(26)19-23-22-17(27-19)12-24(6-2)11-16(25)20-13(3)4/h7-10,13H,5-6,11-12H2,1-4H3,(H,20,25)(H,21,26). The Hall–Kier alpha value is -2.32. The summed E-state index contributed by atoms with van der Waals surface area (Å²) in [5.41, 5.74) is 1.95. The van der Waals surface area contributed by atoms with Crippen molar-refractivity contribution in [3.05, 3.63) is 39.8 Å². The Labute approximate surface area is 164 Å². The second-order valence-corrected chi connectivity index (χ2v) is 7.59. The number of carbonyl (C=O) groups excluding carboxylic acids is 2. The molecule has 0 radical (unpaired) electrons. The highest BCUT2D eigenvalue weighted by molar-refractivity contribution is 7.13. The van der Waals surface area contributed by atoms with Gasteiger partial charge in [-0.25, -0.2) is 0 Å². The van der Waals surface area contributed by atoms with Crippen molar-refractivity contribution in [1.82, 2.24) is 20.4 Å². The average molecular weight is 390 g/mol. The number of anilines is 1. The minimum atomic E-state index is -0.274. The Morgan fingerprint density at radius 2 is 1.85 bits per heavy atom. The zero-order valence-corrected chi connectivity index (χ0v) is 17.1. The van der Waals surface area contributed by atoms with E-state index in [2.05, 4.69) is 27.8 Å². The van der Waals surface area contributed by atoms with Gasteiger partial charge in [0.2, 0.25) is 10.9 Å². The van der Waals surface area contributed by atoms with Crippen molar-refractivity contribution in [1.29, 1.82) is 0 Å². The molecule has 8 heteroatoms. The minimum absolute atomic E-state index is 0.0233. The van der Waals surface area contributed by atoms with Crippen LogP contribution in [0.5, 0.6) is 0 Å². The van der Waals surface area contributed by atoms with Crippen molar-refractivity contribution < 1.29 is 9.59 Å². The maximum absolute atomic E-state index is 12.4. The largest absolute Gasteiger partial charge is 0.353 e. The van der Waals surface area contributed by atoms with Crippen LogP contribution in [0.15, 0.2) is 24.3 Å². The van der Waals surface area contributed by atoms with Crippen LogP contribution < -0.4 is 10.6 Å². The normalized spacial score (nSPS) is 11.0. The Morgan fingerprint density at radius 3 is 2.44 bits per heavy atom. The van der Waals surface area contributed by atoms with E-state index in [1.807, 2.05) is 49.9 Å². The summed E-state index contributed by atoms with van der Waals surface area (Å²) in [6, 6.07) is 7.85. The fourth-order valence-corrected chi connectivity index (χ4v) is 3.24. The minimum Gasteiger partial charge on any atom is -0.353 e. The summed E-state index contributed by atoms with van der Waals surface area (Å²) in [7, 11) is 0. The van der Waals surface area contributed by atoms with Gasteiger partial charge in [-0.3, -0.25) is 14.5 Å². The molecule has 146 valence electrons. The van der Waals surface area contributed by atoms with E-state index in [0.717, 1.165) is 12.1 Å². The molecule has 7 nitrogen and oxygen atoms in total. The van der Waals surface area contributed by atoms with Gasteiger partial charge in [0.15, 0.2) is 0 Å². The molecule has 2 amide bonds. The van der Waals surface area contributed by atoms with E-state index in [-0.39, 0.29) is 17.9 Å². The van der Waals surface area contributed by atoms with Crippen LogP contribution in [0.2, 0.25) is 0 Å². The molecular weight excluding hydrogens is 362 g/mol. The topological polar surface area (TPSA) is 87.2 Å². The van der Waals surface area contributed by atoms with Crippen molar-refractivity contribution in [2.45, 2.75) is 46.7 Å². The number of likely N-dealkylation sites (N-methyl/N-ethyl adjacent to an activating group) is 1. The number of amides is 2. The Kier molecular flexibility index (Phi) is 7.87. The zero-order valence-electron chi connectivity index (χ0n) is 16.3. The van der Waals surface area contributed by atoms with Crippen LogP contribution in [0, 0.1) is 0 Å². The number of nitrogens with zero attached hydrogens (tertiary/aromatic N) is 3. The van der Waals surface area contributed by atoms with Crippen LogP contribution in [0.1, 0.15) is 48.1 Å². The Bertz CT molecular complexity index is 758. The first-order chi connectivity index (χ1) is 12.9. The van der Waals surface area contributed by atoms with Crippen molar-refractivity contribution in [3.63, 3.8) is 0 Å². The molecule has 0 atom stereocenters. The number of aromatic nitrogens is 2. The number of aryl methyl sites for hydroxylation is 1. The van der Waals surface area contributed by atoms with Crippen molar-refractivity contribution in [2.75, 3.05) is 18.4 Å². The predicted octanol–water partition coefficient (Wildman–Crippen LogP) is 2.70. The fraction of sp³-hybridized carbons (Fsp3) is 0.474. The summed E-state index contributed by atoms with van der Waals surface area (Å²) in [6.07, 6.45) is 0.955. The van der Waals surface area contributed by atoms with E-state index in [4.69, 9.17) is 0 Å². The number of rotatable bonds is 9.